The third kappa shape index (κ3) is 5.00. The van der Waals surface area contributed by atoms with Crippen molar-refractivity contribution in [3.05, 3.63) is 78.1 Å². The lowest BCUT2D eigenvalue weighted by Gasteiger charge is -2.31. The van der Waals surface area contributed by atoms with Gasteiger partial charge in [0.25, 0.3) is 5.91 Å². The van der Waals surface area contributed by atoms with Crippen LogP contribution in [0.5, 0.6) is 0 Å². The van der Waals surface area contributed by atoms with Gasteiger partial charge in [0.2, 0.25) is 15.9 Å². The molecule has 178 valence electrons. The maximum Gasteiger partial charge on any atom is 0.288 e. The molecule has 1 saturated heterocycles. The van der Waals surface area contributed by atoms with Crippen molar-refractivity contribution in [3.63, 3.8) is 0 Å². The predicted molar refractivity (Wildman–Crippen MR) is 122 cm³/mol. The highest BCUT2D eigenvalue weighted by molar-refractivity contribution is 7.89. The fourth-order valence-corrected chi connectivity index (χ4v) is 5.31. The van der Waals surface area contributed by atoms with E-state index in [4.69, 9.17) is 0 Å². The van der Waals surface area contributed by atoms with Gasteiger partial charge in [-0.25, -0.2) is 17.8 Å². The number of imidazole rings is 1. The van der Waals surface area contributed by atoms with Crippen molar-refractivity contribution < 1.29 is 22.4 Å². The van der Waals surface area contributed by atoms with E-state index in [1.54, 1.807) is 24.3 Å². The van der Waals surface area contributed by atoms with Crippen LogP contribution in [0.3, 0.4) is 0 Å². The Morgan fingerprint density at radius 2 is 1.76 bits per heavy atom. The number of sulfonamides is 1. The summed E-state index contributed by atoms with van der Waals surface area (Å²) >= 11 is 0. The Balaban J connectivity index is 1.39. The zero-order chi connectivity index (χ0) is 24.3. The number of halogens is 1. The largest absolute Gasteiger partial charge is 0.295 e. The molecule has 1 unspecified atom stereocenters. The van der Waals surface area contributed by atoms with Gasteiger partial charge < -0.3 is 0 Å². The Hall–Kier alpha value is -3.57. The van der Waals surface area contributed by atoms with Crippen molar-refractivity contribution in [1.29, 1.82) is 0 Å². The van der Waals surface area contributed by atoms with E-state index >= 15 is 0 Å². The van der Waals surface area contributed by atoms with E-state index in [1.807, 2.05) is 6.92 Å². The standard InChI is InChI=1S/C23H24FN5O4S/c1-16-4-10-20(11-5-16)34(32,33)28-12-2-3-17(14-28)22(30)26-27-23(31)21-13-25-15-29(21)19-8-6-18(24)7-9-19/h4-11,13,15,17H,2-3,12,14H2,1H3,(H,26,30)(H,27,31). The first-order chi connectivity index (χ1) is 16.3. The Kier molecular flexibility index (Phi) is 6.75. The summed E-state index contributed by atoms with van der Waals surface area (Å²) < 4.78 is 41.9. The molecule has 11 heteroatoms. The minimum atomic E-state index is -3.72. The van der Waals surface area contributed by atoms with Gasteiger partial charge in [-0.2, -0.15) is 4.31 Å². The number of hydrogen-bond acceptors (Lipinski definition) is 5. The smallest absolute Gasteiger partial charge is 0.288 e. The number of aryl methyl sites for hydroxylation is 1. The molecule has 2 aromatic carbocycles. The van der Waals surface area contributed by atoms with E-state index in [0.29, 0.717) is 25.1 Å². The molecule has 2 heterocycles. The molecule has 1 aromatic heterocycles. The van der Waals surface area contributed by atoms with Crippen LogP contribution in [0.2, 0.25) is 0 Å². The summed E-state index contributed by atoms with van der Waals surface area (Å²) in [5, 5.41) is 0. The number of piperidine rings is 1. The molecule has 3 aromatic rings. The fourth-order valence-electron chi connectivity index (χ4n) is 3.79. The molecule has 2 amide bonds. The summed E-state index contributed by atoms with van der Waals surface area (Å²) in [5.41, 5.74) is 6.36. The van der Waals surface area contributed by atoms with Crippen LogP contribution >= 0.6 is 0 Å². The van der Waals surface area contributed by atoms with Crippen molar-refractivity contribution in [2.45, 2.75) is 24.7 Å². The molecule has 0 bridgehead atoms. The molecule has 4 rings (SSSR count). The number of nitrogens with one attached hydrogen (secondary N) is 2. The van der Waals surface area contributed by atoms with Crippen molar-refractivity contribution >= 4 is 21.8 Å². The summed E-state index contributed by atoms with van der Waals surface area (Å²) in [6.45, 7) is 2.22. The number of carbonyl (C=O) groups excluding carboxylic acids is 2. The summed E-state index contributed by atoms with van der Waals surface area (Å²) in [6.07, 6.45) is 3.74. The van der Waals surface area contributed by atoms with Crippen LogP contribution in [0.15, 0.2) is 66.0 Å². The van der Waals surface area contributed by atoms with Gasteiger partial charge in [0.1, 0.15) is 11.5 Å². The van der Waals surface area contributed by atoms with Gasteiger partial charge in [0, 0.05) is 18.8 Å². The number of hydrazine groups is 1. The van der Waals surface area contributed by atoms with Gasteiger partial charge in [-0.05, 0) is 56.2 Å². The molecule has 2 N–H and O–H groups in total. The van der Waals surface area contributed by atoms with Gasteiger partial charge in [0.05, 0.1) is 23.3 Å². The predicted octanol–water partition coefficient (Wildman–Crippen LogP) is 2.18. The Labute approximate surface area is 196 Å². The number of nitrogens with zero attached hydrogens (tertiary/aromatic N) is 3. The maximum absolute atomic E-state index is 13.2. The number of hydrogen-bond donors (Lipinski definition) is 2. The Bertz CT molecular complexity index is 1290. The summed E-state index contributed by atoms with van der Waals surface area (Å²) in [7, 11) is -3.72. The third-order valence-electron chi connectivity index (χ3n) is 5.69. The highest BCUT2D eigenvalue weighted by Gasteiger charge is 2.33. The number of benzene rings is 2. The molecular formula is C23H24FN5O4S. The van der Waals surface area contributed by atoms with E-state index in [1.165, 1.54) is 45.7 Å². The molecule has 34 heavy (non-hydrogen) atoms. The molecular weight excluding hydrogens is 461 g/mol. The van der Waals surface area contributed by atoms with E-state index in [-0.39, 0.29) is 17.1 Å². The van der Waals surface area contributed by atoms with Crippen LogP contribution < -0.4 is 10.9 Å². The highest BCUT2D eigenvalue weighted by atomic mass is 32.2. The lowest BCUT2D eigenvalue weighted by molar-refractivity contribution is -0.126. The minimum Gasteiger partial charge on any atom is -0.295 e. The molecule has 1 aliphatic rings. The van der Waals surface area contributed by atoms with Gasteiger partial charge in [-0.1, -0.05) is 17.7 Å². The van der Waals surface area contributed by atoms with Crippen molar-refractivity contribution in [2.24, 2.45) is 5.92 Å². The molecule has 1 fully saturated rings. The zero-order valence-corrected chi connectivity index (χ0v) is 19.3. The van der Waals surface area contributed by atoms with Gasteiger partial charge in [-0.3, -0.25) is 25.0 Å². The second kappa shape index (κ2) is 9.74. The molecule has 9 nitrogen and oxygen atoms in total. The van der Waals surface area contributed by atoms with E-state index in [0.717, 1.165) is 5.56 Å². The number of amides is 2. The monoisotopic (exact) mass is 485 g/mol. The van der Waals surface area contributed by atoms with Crippen molar-refractivity contribution in [2.75, 3.05) is 13.1 Å². The molecule has 0 spiro atoms. The minimum absolute atomic E-state index is 0.0193. The zero-order valence-electron chi connectivity index (χ0n) is 18.4. The Morgan fingerprint density at radius 3 is 2.47 bits per heavy atom. The quantitative estimate of drug-likeness (QED) is 0.538. The first kappa shape index (κ1) is 23.6. The Morgan fingerprint density at radius 1 is 1.06 bits per heavy atom. The third-order valence-corrected chi connectivity index (χ3v) is 7.57. The van der Waals surface area contributed by atoms with E-state index in [9.17, 15) is 22.4 Å². The average molecular weight is 486 g/mol. The topological polar surface area (TPSA) is 113 Å². The summed E-state index contributed by atoms with van der Waals surface area (Å²) in [6, 6.07) is 12.1. The highest BCUT2D eigenvalue weighted by Crippen LogP contribution is 2.24. The van der Waals surface area contributed by atoms with Crippen molar-refractivity contribution in [3.8, 4) is 5.69 Å². The second-order valence-electron chi connectivity index (χ2n) is 8.08. The van der Waals surface area contributed by atoms with E-state index < -0.39 is 33.6 Å². The molecule has 0 saturated carbocycles. The van der Waals surface area contributed by atoms with Crippen LogP contribution in [-0.4, -0.2) is 47.2 Å². The van der Waals surface area contributed by atoms with Gasteiger partial charge in [-0.15, -0.1) is 0 Å². The SMILES string of the molecule is Cc1ccc(S(=O)(=O)N2CCCC(C(=O)NNC(=O)c3cncn3-c3ccc(F)cc3)C2)cc1. The van der Waals surface area contributed by atoms with Crippen molar-refractivity contribution in [1.82, 2.24) is 24.7 Å². The van der Waals surface area contributed by atoms with Crippen LogP contribution in [0.4, 0.5) is 4.39 Å². The summed E-state index contributed by atoms with van der Waals surface area (Å²) in [4.78, 5) is 29.5. The summed E-state index contributed by atoms with van der Waals surface area (Å²) in [5.74, 6) is -2.12. The average Bonchev–Trinajstić information content (AvgIpc) is 3.33. The maximum atomic E-state index is 13.2. The van der Waals surface area contributed by atoms with Gasteiger partial charge in [0.15, 0.2) is 0 Å². The number of carbonyl (C=O) groups is 2. The lowest BCUT2D eigenvalue weighted by atomic mass is 9.99. The van der Waals surface area contributed by atoms with Crippen LogP contribution in [-0.2, 0) is 14.8 Å². The molecule has 0 radical (unpaired) electrons. The van der Waals surface area contributed by atoms with Crippen LogP contribution in [0.25, 0.3) is 5.69 Å². The first-order valence-corrected chi connectivity index (χ1v) is 12.1. The number of rotatable bonds is 5. The lowest BCUT2D eigenvalue weighted by Crippen LogP contribution is -2.50. The second-order valence-corrected chi connectivity index (χ2v) is 10.0. The first-order valence-electron chi connectivity index (χ1n) is 10.7. The fraction of sp³-hybridized carbons (Fsp3) is 0.261. The molecule has 1 aliphatic heterocycles. The normalized spacial score (nSPS) is 16.7. The van der Waals surface area contributed by atoms with E-state index in [2.05, 4.69) is 15.8 Å². The number of aromatic nitrogens is 2. The van der Waals surface area contributed by atoms with Crippen LogP contribution in [0.1, 0.15) is 28.9 Å². The van der Waals surface area contributed by atoms with Gasteiger partial charge >= 0.3 is 0 Å². The molecule has 1 atom stereocenters. The molecule has 0 aliphatic carbocycles. The van der Waals surface area contributed by atoms with Crippen LogP contribution in [0, 0.1) is 18.7 Å².